The Morgan fingerprint density at radius 3 is 2.32 bits per heavy atom. The van der Waals surface area contributed by atoms with Crippen LogP contribution in [0.25, 0.3) is 0 Å². The van der Waals surface area contributed by atoms with Gasteiger partial charge in [-0.3, -0.25) is 0 Å². The molecule has 1 aromatic carbocycles. The summed E-state index contributed by atoms with van der Waals surface area (Å²) in [6, 6.07) is 10.8. The summed E-state index contributed by atoms with van der Waals surface area (Å²) in [5, 5.41) is 3.61. The van der Waals surface area contributed by atoms with Crippen molar-refractivity contribution >= 4 is 0 Å². The molecule has 0 aliphatic heterocycles. The first-order valence-corrected chi connectivity index (χ1v) is 7.79. The number of nitrogens with zero attached hydrogens (tertiary/aromatic N) is 1. The summed E-state index contributed by atoms with van der Waals surface area (Å²) in [6.45, 7) is 12.5. The molecule has 2 heteroatoms. The van der Waals surface area contributed by atoms with Gasteiger partial charge >= 0.3 is 0 Å². The molecule has 1 atom stereocenters. The van der Waals surface area contributed by atoms with E-state index < -0.39 is 0 Å². The molecule has 0 aromatic heterocycles. The third kappa shape index (κ3) is 6.22. The lowest BCUT2D eigenvalue weighted by Gasteiger charge is -2.19. The number of hydrogen-bond donors (Lipinski definition) is 1. The maximum absolute atomic E-state index is 3.61. The van der Waals surface area contributed by atoms with E-state index in [1.807, 2.05) is 0 Å². The third-order valence-corrected chi connectivity index (χ3v) is 3.88. The van der Waals surface area contributed by atoms with Crippen LogP contribution < -0.4 is 5.32 Å². The highest BCUT2D eigenvalue weighted by molar-refractivity contribution is 5.19. The Hall–Kier alpha value is -0.860. The molecule has 0 aliphatic rings. The molecule has 0 fully saturated rings. The highest BCUT2D eigenvalue weighted by atomic mass is 15.1. The smallest absolute Gasteiger partial charge is 0.00200 e. The summed E-state index contributed by atoms with van der Waals surface area (Å²) in [5.41, 5.74) is 1.46. The zero-order valence-electron chi connectivity index (χ0n) is 12.9. The Labute approximate surface area is 119 Å². The molecular weight excluding hydrogens is 232 g/mol. The molecule has 0 bridgehead atoms. The van der Waals surface area contributed by atoms with Gasteiger partial charge in [0.25, 0.3) is 0 Å². The van der Waals surface area contributed by atoms with Crippen LogP contribution in [0.5, 0.6) is 0 Å². The van der Waals surface area contributed by atoms with Crippen LogP contribution in [-0.2, 0) is 0 Å². The highest BCUT2D eigenvalue weighted by Gasteiger charge is 2.07. The number of rotatable bonds is 10. The zero-order chi connectivity index (χ0) is 13.9. The van der Waals surface area contributed by atoms with Gasteiger partial charge in [0.15, 0.2) is 0 Å². The Bertz CT molecular complexity index is 306. The molecule has 0 saturated carbocycles. The quantitative estimate of drug-likeness (QED) is 0.649. The first kappa shape index (κ1) is 16.2. The van der Waals surface area contributed by atoms with Gasteiger partial charge in [-0.1, -0.05) is 51.1 Å². The van der Waals surface area contributed by atoms with Crippen molar-refractivity contribution in [3.05, 3.63) is 35.9 Å². The summed E-state index contributed by atoms with van der Waals surface area (Å²) < 4.78 is 0. The molecule has 19 heavy (non-hydrogen) atoms. The molecule has 0 spiro atoms. The fourth-order valence-corrected chi connectivity index (χ4v) is 2.47. The number of benzene rings is 1. The van der Waals surface area contributed by atoms with E-state index in [1.165, 1.54) is 24.9 Å². The topological polar surface area (TPSA) is 15.3 Å². The van der Waals surface area contributed by atoms with Crippen molar-refractivity contribution in [3.8, 4) is 0 Å². The highest BCUT2D eigenvalue weighted by Crippen LogP contribution is 2.17. The number of hydrogen-bond acceptors (Lipinski definition) is 2. The molecule has 0 aliphatic carbocycles. The summed E-state index contributed by atoms with van der Waals surface area (Å²) in [7, 11) is 0. The molecule has 1 aromatic rings. The monoisotopic (exact) mass is 262 g/mol. The van der Waals surface area contributed by atoms with Gasteiger partial charge in [-0.2, -0.15) is 0 Å². The lowest BCUT2D eigenvalue weighted by molar-refractivity contribution is 0.297. The van der Waals surface area contributed by atoms with Gasteiger partial charge in [0.05, 0.1) is 0 Å². The first-order chi connectivity index (χ1) is 9.31. The molecule has 2 nitrogen and oxygen atoms in total. The van der Waals surface area contributed by atoms with Crippen LogP contribution in [0.15, 0.2) is 30.3 Å². The minimum absolute atomic E-state index is 0.648. The molecule has 0 amide bonds. The van der Waals surface area contributed by atoms with Gasteiger partial charge in [-0.05, 0) is 50.5 Å². The molecule has 1 rings (SSSR count). The van der Waals surface area contributed by atoms with E-state index in [-0.39, 0.29) is 0 Å². The molecule has 0 radical (unpaired) electrons. The van der Waals surface area contributed by atoms with Crippen molar-refractivity contribution in [1.29, 1.82) is 0 Å². The fourth-order valence-electron chi connectivity index (χ4n) is 2.47. The predicted octanol–water partition coefficient (Wildman–Crippen LogP) is 3.50. The summed E-state index contributed by atoms with van der Waals surface area (Å²) in [5.74, 6) is 0.648. The molecular formula is C17H30N2. The van der Waals surface area contributed by atoms with E-state index in [0.29, 0.717) is 5.92 Å². The van der Waals surface area contributed by atoms with E-state index in [0.717, 1.165) is 26.2 Å². The van der Waals surface area contributed by atoms with Gasteiger partial charge in [0.1, 0.15) is 0 Å². The van der Waals surface area contributed by atoms with Gasteiger partial charge < -0.3 is 10.2 Å². The van der Waals surface area contributed by atoms with Gasteiger partial charge in [-0.25, -0.2) is 0 Å². The van der Waals surface area contributed by atoms with Crippen molar-refractivity contribution in [2.45, 2.75) is 39.5 Å². The molecule has 0 saturated heterocycles. The second-order valence-electron chi connectivity index (χ2n) is 5.10. The van der Waals surface area contributed by atoms with E-state index >= 15 is 0 Å². The van der Waals surface area contributed by atoms with E-state index in [4.69, 9.17) is 0 Å². The minimum atomic E-state index is 0.648. The van der Waals surface area contributed by atoms with Crippen LogP contribution in [-0.4, -0.2) is 37.6 Å². The molecule has 1 N–H and O–H groups in total. The third-order valence-electron chi connectivity index (χ3n) is 3.88. The molecule has 0 heterocycles. The summed E-state index contributed by atoms with van der Waals surface area (Å²) >= 11 is 0. The van der Waals surface area contributed by atoms with Crippen LogP contribution in [0.1, 0.15) is 45.1 Å². The lowest BCUT2D eigenvalue weighted by Crippen LogP contribution is -2.28. The Balaban J connectivity index is 2.20. The zero-order valence-corrected chi connectivity index (χ0v) is 12.9. The Morgan fingerprint density at radius 1 is 1.05 bits per heavy atom. The van der Waals surface area contributed by atoms with Gasteiger partial charge in [0, 0.05) is 6.54 Å². The second-order valence-corrected chi connectivity index (χ2v) is 5.10. The Morgan fingerprint density at radius 2 is 1.74 bits per heavy atom. The normalized spacial score (nSPS) is 12.8. The van der Waals surface area contributed by atoms with Crippen molar-refractivity contribution in [1.82, 2.24) is 10.2 Å². The van der Waals surface area contributed by atoms with Crippen molar-refractivity contribution in [2.24, 2.45) is 0 Å². The SMILES string of the molecule is CCC(CNCCCN(CC)CC)c1ccccc1. The van der Waals surface area contributed by atoms with Crippen LogP contribution >= 0.6 is 0 Å². The van der Waals surface area contributed by atoms with Crippen molar-refractivity contribution in [2.75, 3.05) is 32.7 Å². The minimum Gasteiger partial charge on any atom is -0.316 e. The maximum atomic E-state index is 3.61. The summed E-state index contributed by atoms with van der Waals surface area (Å²) in [4.78, 5) is 2.48. The lowest BCUT2D eigenvalue weighted by atomic mass is 9.96. The van der Waals surface area contributed by atoms with Crippen LogP contribution in [0.2, 0.25) is 0 Å². The largest absolute Gasteiger partial charge is 0.316 e. The first-order valence-electron chi connectivity index (χ1n) is 7.79. The van der Waals surface area contributed by atoms with E-state index in [9.17, 15) is 0 Å². The van der Waals surface area contributed by atoms with Crippen LogP contribution in [0, 0.1) is 0 Å². The Kier molecular flexibility index (Phi) is 8.52. The number of nitrogens with one attached hydrogen (secondary N) is 1. The standard InChI is InChI=1S/C17H30N2/c1-4-16(17-11-8-7-9-12-17)15-18-13-10-14-19(5-2)6-3/h7-9,11-12,16,18H,4-6,10,13-15H2,1-3H3. The van der Waals surface area contributed by atoms with E-state index in [1.54, 1.807) is 0 Å². The average Bonchev–Trinajstić information content (AvgIpc) is 2.48. The van der Waals surface area contributed by atoms with Crippen molar-refractivity contribution in [3.63, 3.8) is 0 Å². The maximum Gasteiger partial charge on any atom is 0.00200 e. The van der Waals surface area contributed by atoms with Crippen LogP contribution in [0.3, 0.4) is 0 Å². The summed E-state index contributed by atoms with van der Waals surface area (Å²) in [6.07, 6.45) is 2.44. The predicted molar refractivity (Wildman–Crippen MR) is 84.7 cm³/mol. The average molecular weight is 262 g/mol. The molecule has 108 valence electrons. The fraction of sp³-hybridized carbons (Fsp3) is 0.647. The van der Waals surface area contributed by atoms with Crippen LogP contribution in [0.4, 0.5) is 0 Å². The van der Waals surface area contributed by atoms with E-state index in [2.05, 4.69) is 61.3 Å². The van der Waals surface area contributed by atoms with Gasteiger partial charge in [-0.15, -0.1) is 0 Å². The molecule has 1 unspecified atom stereocenters. The second kappa shape index (κ2) is 9.99. The van der Waals surface area contributed by atoms with Gasteiger partial charge in [0.2, 0.25) is 0 Å². The van der Waals surface area contributed by atoms with Crippen molar-refractivity contribution < 1.29 is 0 Å².